The van der Waals surface area contributed by atoms with Crippen molar-refractivity contribution in [3.05, 3.63) is 131 Å². The van der Waals surface area contributed by atoms with Crippen LogP contribution in [0.15, 0.2) is 93.6 Å². The highest BCUT2D eigenvalue weighted by Gasteiger charge is 2.37. The number of ether oxygens (including phenoxy) is 2. The second-order valence-corrected chi connectivity index (χ2v) is 11.8. The van der Waals surface area contributed by atoms with Crippen LogP contribution in [0.4, 0.5) is 0 Å². The molecular formula is C33H20Cl2IN3O5. The van der Waals surface area contributed by atoms with Gasteiger partial charge >= 0.3 is 5.63 Å². The Morgan fingerprint density at radius 2 is 1.91 bits per heavy atom. The summed E-state index contributed by atoms with van der Waals surface area (Å²) >= 11 is 14.6. The van der Waals surface area contributed by atoms with E-state index in [0.29, 0.717) is 27.3 Å². The van der Waals surface area contributed by atoms with Gasteiger partial charge in [-0.2, -0.15) is 5.26 Å². The summed E-state index contributed by atoms with van der Waals surface area (Å²) in [4.78, 5) is 31.5. The average Bonchev–Trinajstić information content (AvgIpc) is 3.02. The molecule has 0 saturated heterocycles. The molecule has 44 heavy (non-hydrogen) atoms. The Balaban J connectivity index is 1.59. The number of hydrogen-bond acceptors (Lipinski definition) is 7. The number of pyridine rings is 1. The first-order valence-corrected chi connectivity index (χ1v) is 15.0. The number of amides is 1. The molecule has 1 atom stereocenters. The molecule has 3 heterocycles. The molecule has 5 aromatic rings. The lowest BCUT2D eigenvalue weighted by Crippen LogP contribution is -2.33. The standard InChI is InChI=1S/C33H20Cl2IN3O5/c1-16-11-18(15-38-30(16)36)21-12-17(7-10-25(21)42-2)27-23(14-37)32(39-31(40)22-13-19(34)8-9-24(22)35)44-29-20-5-3-4-6-26(20)43-33(41)28(27)29/h3-13,15,27H,1-2H3,(H,39,40). The number of aryl methyl sites for hydroxylation is 1. The maximum Gasteiger partial charge on any atom is 0.344 e. The fraction of sp³-hybridized carbons (Fsp3) is 0.0909. The first-order chi connectivity index (χ1) is 21.2. The Bertz CT molecular complexity index is 2140. The molecule has 1 N–H and O–H groups in total. The molecule has 0 saturated carbocycles. The number of halogens is 3. The normalized spacial score (nSPS) is 14.0. The zero-order chi connectivity index (χ0) is 31.1. The molecule has 1 amide bonds. The van der Waals surface area contributed by atoms with Crippen molar-refractivity contribution in [2.45, 2.75) is 12.8 Å². The second-order valence-electron chi connectivity index (χ2n) is 9.89. The lowest BCUT2D eigenvalue weighted by molar-refractivity contribution is 0.0948. The molecule has 2 aromatic heterocycles. The van der Waals surface area contributed by atoms with Crippen molar-refractivity contribution in [1.29, 1.82) is 5.26 Å². The first-order valence-electron chi connectivity index (χ1n) is 13.1. The average molecular weight is 736 g/mol. The topological polar surface area (TPSA) is 114 Å². The van der Waals surface area contributed by atoms with Gasteiger partial charge in [-0.05, 0) is 89.2 Å². The highest BCUT2D eigenvalue weighted by molar-refractivity contribution is 14.1. The minimum atomic E-state index is -0.975. The fourth-order valence-corrected chi connectivity index (χ4v) is 5.82. The molecule has 1 unspecified atom stereocenters. The predicted octanol–water partition coefficient (Wildman–Crippen LogP) is 7.77. The molecule has 1 aliphatic heterocycles. The van der Waals surface area contributed by atoms with Crippen LogP contribution in [-0.4, -0.2) is 18.0 Å². The smallest absolute Gasteiger partial charge is 0.344 e. The van der Waals surface area contributed by atoms with Gasteiger partial charge in [-0.1, -0.05) is 41.4 Å². The molecule has 0 bridgehead atoms. The van der Waals surface area contributed by atoms with Crippen LogP contribution in [0.1, 0.15) is 33.0 Å². The van der Waals surface area contributed by atoms with Crippen LogP contribution in [0.5, 0.6) is 11.5 Å². The third-order valence-electron chi connectivity index (χ3n) is 7.23. The monoisotopic (exact) mass is 735 g/mol. The van der Waals surface area contributed by atoms with Gasteiger partial charge in [-0.25, -0.2) is 9.78 Å². The second kappa shape index (κ2) is 12.0. The lowest BCUT2D eigenvalue weighted by atomic mass is 9.82. The quantitative estimate of drug-likeness (QED) is 0.111. The minimum Gasteiger partial charge on any atom is -0.496 e. The SMILES string of the molecule is COc1ccc(C2C(C#N)=C(NC(=O)c3cc(Cl)ccc3Cl)Oc3c2c(=O)oc2ccccc32)cc1-c1cnc(I)c(C)c1. The Morgan fingerprint density at radius 3 is 2.66 bits per heavy atom. The van der Waals surface area contributed by atoms with E-state index in [-0.39, 0.29) is 38.9 Å². The minimum absolute atomic E-state index is 0.0142. The maximum absolute atomic E-state index is 13.6. The Kier molecular flexibility index (Phi) is 8.07. The van der Waals surface area contributed by atoms with Gasteiger partial charge in [-0.15, -0.1) is 0 Å². The van der Waals surface area contributed by atoms with Gasteiger partial charge in [-0.3, -0.25) is 10.1 Å². The number of nitriles is 1. The first kappa shape index (κ1) is 29.7. The number of hydrogen-bond donors (Lipinski definition) is 1. The molecule has 1 aliphatic rings. The van der Waals surface area contributed by atoms with E-state index in [0.717, 1.165) is 14.8 Å². The van der Waals surface area contributed by atoms with Crippen molar-refractivity contribution < 1.29 is 18.7 Å². The number of aromatic nitrogens is 1. The predicted molar refractivity (Wildman–Crippen MR) is 175 cm³/mol. The highest BCUT2D eigenvalue weighted by Crippen LogP contribution is 2.45. The van der Waals surface area contributed by atoms with Gasteiger partial charge in [0.2, 0.25) is 5.88 Å². The number of allylic oxidation sites excluding steroid dienone is 1. The van der Waals surface area contributed by atoms with Crippen LogP contribution in [0.2, 0.25) is 10.0 Å². The Hall–Kier alpha value is -4.37. The van der Waals surface area contributed by atoms with E-state index >= 15 is 0 Å². The summed E-state index contributed by atoms with van der Waals surface area (Å²) in [6, 6.07) is 20.8. The molecule has 218 valence electrons. The number of para-hydroxylation sites is 1. The van der Waals surface area contributed by atoms with Crippen molar-refractivity contribution in [3.8, 4) is 28.7 Å². The fourth-order valence-electron chi connectivity index (χ4n) is 5.15. The summed E-state index contributed by atoms with van der Waals surface area (Å²) in [5.41, 5.74) is 2.82. The maximum atomic E-state index is 13.6. The summed E-state index contributed by atoms with van der Waals surface area (Å²) in [5.74, 6) is -1.04. The van der Waals surface area contributed by atoms with E-state index in [4.69, 9.17) is 37.1 Å². The highest BCUT2D eigenvalue weighted by atomic mass is 127. The van der Waals surface area contributed by atoms with Crippen LogP contribution < -0.4 is 20.4 Å². The number of fused-ring (bicyclic) bond motifs is 3. The summed E-state index contributed by atoms with van der Waals surface area (Å²) in [6.07, 6.45) is 1.73. The molecule has 0 aliphatic carbocycles. The summed E-state index contributed by atoms with van der Waals surface area (Å²) in [7, 11) is 1.56. The van der Waals surface area contributed by atoms with Crippen molar-refractivity contribution in [3.63, 3.8) is 0 Å². The van der Waals surface area contributed by atoms with Gasteiger partial charge in [0, 0.05) is 22.3 Å². The number of carbonyl (C=O) groups is 1. The van der Waals surface area contributed by atoms with E-state index in [1.54, 1.807) is 55.8 Å². The molecule has 0 radical (unpaired) electrons. The molecule has 3 aromatic carbocycles. The van der Waals surface area contributed by atoms with Gasteiger partial charge < -0.3 is 13.9 Å². The van der Waals surface area contributed by atoms with Crippen LogP contribution in [0, 0.1) is 22.0 Å². The van der Waals surface area contributed by atoms with E-state index in [1.807, 2.05) is 19.1 Å². The molecular weight excluding hydrogens is 716 g/mol. The van der Waals surface area contributed by atoms with Crippen LogP contribution >= 0.6 is 45.8 Å². The number of methoxy groups -OCH3 is 1. The van der Waals surface area contributed by atoms with Crippen molar-refractivity contribution >= 4 is 62.7 Å². The summed E-state index contributed by atoms with van der Waals surface area (Å²) in [6.45, 7) is 1.96. The van der Waals surface area contributed by atoms with Gasteiger partial charge in [0.25, 0.3) is 5.91 Å². The molecule has 8 nitrogen and oxygen atoms in total. The van der Waals surface area contributed by atoms with Crippen LogP contribution in [0.25, 0.3) is 22.1 Å². The van der Waals surface area contributed by atoms with Crippen molar-refractivity contribution in [2.75, 3.05) is 7.11 Å². The number of benzene rings is 3. The summed E-state index contributed by atoms with van der Waals surface area (Å²) < 4.78 is 18.4. The third kappa shape index (κ3) is 5.30. The Morgan fingerprint density at radius 1 is 1.11 bits per heavy atom. The van der Waals surface area contributed by atoms with Gasteiger partial charge in [0.15, 0.2) is 5.75 Å². The molecule has 0 fully saturated rings. The molecule has 6 rings (SSSR count). The van der Waals surface area contributed by atoms with E-state index < -0.39 is 17.5 Å². The zero-order valence-electron chi connectivity index (χ0n) is 23.1. The van der Waals surface area contributed by atoms with Gasteiger partial charge in [0.1, 0.15) is 26.7 Å². The number of nitrogens with zero attached hydrogens (tertiary/aromatic N) is 2. The molecule has 11 heteroatoms. The largest absolute Gasteiger partial charge is 0.496 e. The lowest BCUT2D eigenvalue weighted by Gasteiger charge is -2.28. The van der Waals surface area contributed by atoms with E-state index in [1.165, 1.54) is 12.1 Å². The number of rotatable bonds is 5. The molecule has 0 spiro atoms. The van der Waals surface area contributed by atoms with Crippen LogP contribution in [-0.2, 0) is 0 Å². The van der Waals surface area contributed by atoms with Crippen LogP contribution in [0.3, 0.4) is 0 Å². The summed E-state index contributed by atoms with van der Waals surface area (Å²) in [5, 5.41) is 14.2. The van der Waals surface area contributed by atoms with Crippen molar-refractivity contribution in [1.82, 2.24) is 10.3 Å². The van der Waals surface area contributed by atoms with E-state index in [2.05, 4.69) is 39.0 Å². The van der Waals surface area contributed by atoms with Crippen molar-refractivity contribution in [2.24, 2.45) is 0 Å². The van der Waals surface area contributed by atoms with E-state index in [9.17, 15) is 14.9 Å². The number of carbonyl (C=O) groups excluding carboxylic acids is 1. The Labute approximate surface area is 275 Å². The van der Waals surface area contributed by atoms with Gasteiger partial charge in [0.05, 0.1) is 34.6 Å². The number of nitrogens with one attached hydrogen (secondary N) is 1. The zero-order valence-corrected chi connectivity index (χ0v) is 26.7. The third-order valence-corrected chi connectivity index (χ3v) is 8.92.